The Morgan fingerprint density at radius 2 is 0.870 bits per heavy atom. The molecule has 0 fully saturated rings. The van der Waals surface area contributed by atoms with Crippen molar-refractivity contribution in [2.24, 2.45) is 0 Å². The first-order valence-electron chi connectivity index (χ1n) is 15.7. The first kappa shape index (κ1) is 26.7. The quantitative estimate of drug-likeness (QED) is 0.177. The van der Waals surface area contributed by atoms with Crippen LogP contribution in [0, 0.1) is 0 Å². The number of fused-ring (bicyclic) bond motifs is 6. The van der Waals surface area contributed by atoms with Crippen LogP contribution in [0.25, 0.3) is 64.0 Å². The van der Waals surface area contributed by atoms with Gasteiger partial charge in [0.15, 0.2) is 0 Å². The molecule has 0 aliphatic carbocycles. The molecule has 46 heavy (non-hydrogen) atoms. The predicted molar refractivity (Wildman–Crippen MR) is 200 cm³/mol. The van der Waals surface area contributed by atoms with Crippen LogP contribution in [0.1, 0.15) is 0 Å². The van der Waals surface area contributed by atoms with Gasteiger partial charge >= 0.3 is 0 Å². The first-order valence-corrected chi connectivity index (χ1v) is 16.5. The minimum absolute atomic E-state index is 1.12. The number of nitrogens with zero attached hydrogens (tertiary/aromatic N) is 1. The summed E-state index contributed by atoms with van der Waals surface area (Å²) >= 11 is 1.86. The van der Waals surface area contributed by atoms with E-state index in [9.17, 15) is 0 Å². The molecule has 216 valence electrons. The zero-order chi connectivity index (χ0) is 30.5. The molecule has 9 rings (SSSR count). The highest BCUT2D eigenvalue weighted by atomic mass is 32.1. The highest BCUT2D eigenvalue weighted by Crippen LogP contribution is 2.50. The first-order chi connectivity index (χ1) is 22.8. The van der Waals surface area contributed by atoms with Crippen molar-refractivity contribution in [3.8, 4) is 22.3 Å². The van der Waals surface area contributed by atoms with Crippen molar-refractivity contribution in [3.63, 3.8) is 0 Å². The maximum atomic E-state index is 2.50. The SMILES string of the molecule is c1ccc(-c2cccc(N(c3ccc4sc5ccccc5c4c3)c3c(-c4ccccc4)c4ccccc4c4ccccc34)c2)cc1. The molecule has 0 atom stereocenters. The van der Waals surface area contributed by atoms with Crippen molar-refractivity contribution in [2.45, 2.75) is 0 Å². The minimum atomic E-state index is 1.12. The maximum absolute atomic E-state index is 2.50. The normalized spacial score (nSPS) is 11.5. The lowest BCUT2D eigenvalue weighted by atomic mass is 9.90. The fourth-order valence-electron chi connectivity index (χ4n) is 6.97. The van der Waals surface area contributed by atoms with Crippen LogP contribution in [-0.2, 0) is 0 Å². The van der Waals surface area contributed by atoms with Gasteiger partial charge in [-0.25, -0.2) is 0 Å². The summed E-state index contributed by atoms with van der Waals surface area (Å²) in [6.07, 6.45) is 0. The molecule has 0 saturated carbocycles. The summed E-state index contributed by atoms with van der Waals surface area (Å²) in [5.74, 6) is 0. The van der Waals surface area contributed by atoms with Crippen LogP contribution in [-0.4, -0.2) is 0 Å². The molecule has 8 aromatic carbocycles. The molecule has 1 heterocycles. The van der Waals surface area contributed by atoms with E-state index in [4.69, 9.17) is 0 Å². The molecular weight excluding hydrogens is 575 g/mol. The van der Waals surface area contributed by atoms with Crippen molar-refractivity contribution >= 4 is 70.1 Å². The van der Waals surface area contributed by atoms with Crippen molar-refractivity contribution < 1.29 is 0 Å². The monoisotopic (exact) mass is 603 g/mol. The highest BCUT2D eigenvalue weighted by molar-refractivity contribution is 7.25. The third-order valence-corrected chi connectivity index (χ3v) is 10.2. The molecule has 0 aliphatic heterocycles. The van der Waals surface area contributed by atoms with Gasteiger partial charge in [0.05, 0.1) is 5.69 Å². The third kappa shape index (κ3) is 4.38. The summed E-state index contributed by atoms with van der Waals surface area (Å²) in [6.45, 7) is 0. The second kappa shape index (κ2) is 11.0. The Bertz CT molecular complexity index is 2530. The average Bonchev–Trinajstić information content (AvgIpc) is 3.51. The molecule has 1 aromatic heterocycles. The smallest absolute Gasteiger partial charge is 0.0624 e. The molecule has 0 aliphatic rings. The largest absolute Gasteiger partial charge is 0.309 e. The number of benzene rings is 8. The van der Waals surface area contributed by atoms with Crippen molar-refractivity contribution in [1.82, 2.24) is 0 Å². The lowest BCUT2D eigenvalue weighted by molar-refractivity contribution is 1.31. The van der Waals surface area contributed by atoms with E-state index in [2.05, 4.69) is 181 Å². The van der Waals surface area contributed by atoms with Gasteiger partial charge in [0.25, 0.3) is 0 Å². The van der Waals surface area contributed by atoms with E-state index in [1.165, 1.54) is 69.7 Å². The zero-order valence-corrected chi connectivity index (χ0v) is 25.9. The van der Waals surface area contributed by atoms with E-state index < -0.39 is 0 Å². The minimum Gasteiger partial charge on any atom is -0.309 e. The van der Waals surface area contributed by atoms with Gasteiger partial charge in [-0.3, -0.25) is 0 Å². The molecule has 0 N–H and O–H groups in total. The Morgan fingerprint density at radius 3 is 1.63 bits per heavy atom. The lowest BCUT2D eigenvalue weighted by Gasteiger charge is -2.31. The van der Waals surface area contributed by atoms with Crippen molar-refractivity contribution in [3.05, 3.63) is 176 Å². The van der Waals surface area contributed by atoms with Gasteiger partial charge in [-0.2, -0.15) is 0 Å². The molecule has 0 bridgehead atoms. The topological polar surface area (TPSA) is 3.24 Å². The van der Waals surface area contributed by atoms with E-state index in [-0.39, 0.29) is 0 Å². The highest BCUT2D eigenvalue weighted by Gasteiger charge is 2.24. The molecule has 0 spiro atoms. The summed E-state index contributed by atoms with van der Waals surface area (Å²) in [5, 5.41) is 7.56. The summed E-state index contributed by atoms with van der Waals surface area (Å²) < 4.78 is 2.61. The van der Waals surface area contributed by atoms with Crippen molar-refractivity contribution in [2.75, 3.05) is 4.90 Å². The van der Waals surface area contributed by atoms with Crippen LogP contribution in [0.3, 0.4) is 0 Å². The Labute approximate surface area is 272 Å². The van der Waals surface area contributed by atoms with E-state index in [1.807, 2.05) is 11.3 Å². The number of anilines is 3. The Balaban J connectivity index is 1.43. The average molecular weight is 604 g/mol. The molecule has 1 nitrogen and oxygen atoms in total. The fourth-order valence-corrected chi connectivity index (χ4v) is 8.05. The predicted octanol–water partition coefficient (Wildman–Crippen LogP) is 13.2. The molecular formula is C44H29NS. The number of thiophene rings is 1. The standard InChI is InChI=1S/C44H29NS/c1-3-14-30(15-4-1)32-18-13-19-33(28-32)45(34-26-27-42-40(29-34)37-22-11-12-25-41(37)46-42)44-39-24-10-8-21-36(39)35-20-7-9-23-38(35)43(44)31-16-5-2-6-17-31/h1-29H. The van der Waals surface area contributed by atoms with Crippen LogP contribution in [0.5, 0.6) is 0 Å². The van der Waals surface area contributed by atoms with Crippen LogP contribution in [0.15, 0.2) is 176 Å². The Kier molecular flexibility index (Phi) is 6.40. The summed E-state index contributed by atoms with van der Waals surface area (Å²) in [4.78, 5) is 2.50. The molecule has 0 saturated heterocycles. The molecule has 0 unspecified atom stereocenters. The van der Waals surface area contributed by atoms with Gasteiger partial charge < -0.3 is 4.90 Å². The molecule has 0 radical (unpaired) electrons. The van der Waals surface area contributed by atoms with Gasteiger partial charge in [-0.05, 0) is 69.2 Å². The van der Waals surface area contributed by atoms with Gasteiger partial charge in [-0.15, -0.1) is 11.3 Å². The zero-order valence-electron chi connectivity index (χ0n) is 25.1. The van der Waals surface area contributed by atoms with E-state index >= 15 is 0 Å². The fraction of sp³-hybridized carbons (Fsp3) is 0. The number of rotatable bonds is 5. The van der Waals surface area contributed by atoms with E-state index in [0.717, 1.165) is 11.4 Å². The van der Waals surface area contributed by atoms with Crippen molar-refractivity contribution in [1.29, 1.82) is 0 Å². The summed E-state index contributed by atoms with van der Waals surface area (Å²) in [5.41, 5.74) is 8.27. The van der Waals surface area contributed by atoms with Crippen LogP contribution in [0.4, 0.5) is 17.1 Å². The molecule has 2 heteroatoms. The third-order valence-electron chi connectivity index (χ3n) is 9.02. The number of hydrogen-bond acceptors (Lipinski definition) is 2. The van der Waals surface area contributed by atoms with Gasteiger partial charge in [0.1, 0.15) is 0 Å². The van der Waals surface area contributed by atoms with Gasteiger partial charge in [-0.1, -0.05) is 140 Å². The molecule has 9 aromatic rings. The summed E-state index contributed by atoms with van der Waals surface area (Å²) in [6, 6.07) is 64.0. The second-order valence-corrected chi connectivity index (χ2v) is 12.8. The lowest BCUT2D eigenvalue weighted by Crippen LogP contribution is -2.12. The van der Waals surface area contributed by atoms with Crippen LogP contribution in [0.2, 0.25) is 0 Å². The second-order valence-electron chi connectivity index (χ2n) is 11.7. The Morgan fingerprint density at radius 1 is 0.326 bits per heavy atom. The van der Waals surface area contributed by atoms with E-state index in [1.54, 1.807) is 0 Å². The van der Waals surface area contributed by atoms with Crippen LogP contribution >= 0.6 is 11.3 Å². The maximum Gasteiger partial charge on any atom is 0.0624 e. The Hall–Kier alpha value is -5.70. The summed E-state index contributed by atoms with van der Waals surface area (Å²) in [7, 11) is 0. The molecule has 0 amide bonds. The van der Waals surface area contributed by atoms with Gasteiger partial charge in [0, 0.05) is 42.5 Å². The van der Waals surface area contributed by atoms with Gasteiger partial charge in [0.2, 0.25) is 0 Å². The number of hydrogen-bond donors (Lipinski definition) is 0. The van der Waals surface area contributed by atoms with E-state index in [0.29, 0.717) is 0 Å². The van der Waals surface area contributed by atoms with Crippen LogP contribution < -0.4 is 4.90 Å².